The molecule has 0 atom stereocenters. The molecule has 14 heavy (non-hydrogen) atoms. The molecule has 0 fully saturated rings. The van der Waals surface area contributed by atoms with Gasteiger partial charge in [-0.1, -0.05) is 23.7 Å². The highest BCUT2D eigenvalue weighted by Crippen LogP contribution is 2.24. The van der Waals surface area contributed by atoms with Crippen LogP contribution in [0.1, 0.15) is 0 Å². The van der Waals surface area contributed by atoms with Gasteiger partial charge in [-0.05, 0) is 12.1 Å². The van der Waals surface area contributed by atoms with E-state index in [0.29, 0.717) is 21.1 Å². The molecule has 0 unspecified atom stereocenters. The molecule has 0 N–H and O–H groups in total. The third-order valence-corrected chi connectivity index (χ3v) is 2.14. The molecule has 0 aliphatic rings. The van der Waals surface area contributed by atoms with E-state index < -0.39 is 0 Å². The molecule has 0 bridgehead atoms. The van der Waals surface area contributed by atoms with Gasteiger partial charge in [0.2, 0.25) is 5.69 Å². The molecular weight excluding hydrogens is 200 g/mol. The molecule has 0 radical (unpaired) electrons. The maximum atomic E-state index is 11.1. The molecule has 3 nitrogen and oxygen atoms in total. The molecule has 0 saturated carbocycles. The highest BCUT2D eigenvalue weighted by atomic mass is 35.5. The minimum absolute atomic E-state index is 0.367. The number of hydrogen-bond donors (Lipinski definition) is 0. The fourth-order valence-corrected chi connectivity index (χ4v) is 1.46. The Labute approximate surface area is 85.9 Å². The monoisotopic (exact) mass is 206 g/mol. The lowest BCUT2D eigenvalue weighted by Gasteiger charge is -2.03. The molecule has 4 heteroatoms. The second-order valence-corrected chi connectivity index (χ2v) is 3.25. The number of benzene rings is 1. The van der Waals surface area contributed by atoms with Crippen molar-refractivity contribution in [1.82, 2.24) is 4.98 Å². The van der Waals surface area contributed by atoms with Crippen LogP contribution in [0.4, 0.5) is 5.69 Å². The van der Waals surface area contributed by atoms with Gasteiger partial charge < -0.3 is 5.21 Å². The minimum atomic E-state index is 0.367. The summed E-state index contributed by atoms with van der Waals surface area (Å²) in [5.74, 6) is 0. The number of hydrogen-bond acceptors (Lipinski definition) is 2. The molecule has 2 rings (SSSR count). The minimum Gasteiger partial charge on any atom is -0.619 e. The number of halogens is 1. The van der Waals surface area contributed by atoms with Crippen LogP contribution in [0, 0.1) is 5.21 Å². The van der Waals surface area contributed by atoms with Crippen LogP contribution in [0.25, 0.3) is 10.9 Å². The third-order valence-electron chi connectivity index (χ3n) is 1.93. The predicted octanol–water partition coefficient (Wildman–Crippen LogP) is 2.73. The maximum Gasteiger partial charge on any atom is 0.242 e. The molecule has 0 aliphatic heterocycles. The smallest absolute Gasteiger partial charge is 0.242 e. The van der Waals surface area contributed by atoms with E-state index in [9.17, 15) is 5.21 Å². The number of pyridine rings is 1. The molecule has 0 saturated heterocycles. The highest BCUT2D eigenvalue weighted by molar-refractivity contribution is 6.29. The van der Waals surface area contributed by atoms with Crippen LogP contribution >= 0.6 is 11.6 Å². The fraction of sp³-hybridized carbons (Fsp3) is 0. The van der Waals surface area contributed by atoms with Gasteiger partial charge >= 0.3 is 0 Å². The quantitative estimate of drug-likeness (QED) is 0.237. The summed E-state index contributed by atoms with van der Waals surface area (Å²) in [6.45, 7) is 3.28. The second-order valence-electron chi connectivity index (χ2n) is 2.86. The Morgan fingerprint density at radius 2 is 2.07 bits per heavy atom. The Hall–Kier alpha value is -1.61. The third kappa shape index (κ3) is 1.42. The Balaban J connectivity index is 2.84. The summed E-state index contributed by atoms with van der Waals surface area (Å²) in [4.78, 5) is 4.08. The topological polar surface area (TPSA) is 39.0 Å². The number of nitrogens with zero attached hydrogens (tertiary/aromatic N) is 2. The number of aromatic nitrogens is 1. The lowest BCUT2D eigenvalue weighted by molar-refractivity contribution is -0.348. The van der Waals surface area contributed by atoms with E-state index in [1.165, 1.54) is 0 Å². The van der Waals surface area contributed by atoms with Gasteiger partial charge in [0, 0.05) is 11.5 Å². The summed E-state index contributed by atoms with van der Waals surface area (Å²) in [6, 6.07) is 8.81. The van der Waals surface area contributed by atoms with Crippen molar-refractivity contribution in [3.8, 4) is 0 Å². The van der Waals surface area contributed by atoms with E-state index >= 15 is 0 Å². The van der Waals surface area contributed by atoms with Gasteiger partial charge in [0.15, 0.2) is 0 Å². The SMILES string of the molecule is C=[N+]([O-])c1cccc2ccc(Cl)nc12. The van der Waals surface area contributed by atoms with Crippen LogP contribution in [0.3, 0.4) is 0 Å². The maximum absolute atomic E-state index is 11.1. The highest BCUT2D eigenvalue weighted by Gasteiger charge is 2.07. The van der Waals surface area contributed by atoms with E-state index in [1.54, 1.807) is 18.2 Å². The van der Waals surface area contributed by atoms with E-state index in [-0.39, 0.29) is 0 Å². The number of para-hydroxylation sites is 1. The van der Waals surface area contributed by atoms with Gasteiger partial charge in [-0.25, -0.2) is 4.98 Å². The second kappa shape index (κ2) is 3.27. The summed E-state index contributed by atoms with van der Waals surface area (Å²) in [5, 5.41) is 12.3. The average molecular weight is 207 g/mol. The Bertz CT molecular complexity index is 510. The molecule has 2 aromatic rings. The lowest BCUT2D eigenvalue weighted by Crippen LogP contribution is -1.92. The van der Waals surface area contributed by atoms with Gasteiger partial charge in [0.1, 0.15) is 17.4 Å². The first-order valence-corrected chi connectivity index (χ1v) is 4.39. The summed E-state index contributed by atoms with van der Waals surface area (Å²) >= 11 is 5.74. The number of fused-ring (bicyclic) bond motifs is 1. The molecule has 1 aromatic heterocycles. The van der Waals surface area contributed by atoms with Crippen LogP contribution in [0.2, 0.25) is 5.15 Å². The van der Waals surface area contributed by atoms with Gasteiger partial charge in [-0.15, -0.1) is 0 Å². The zero-order valence-electron chi connectivity index (χ0n) is 7.27. The Kier molecular flexibility index (Phi) is 2.09. The first-order valence-electron chi connectivity index (χ1n) is 4.01. The molecule has 1 heterocycles. The van der Waals surface area contributed by atoms with E-state index in [0.717, 1.165) is 5.39 Å². The van der Waals surface area contributed by atoms with Crippen molar-refractivity contribution in [1.29, 1.82) is 0 Å². The largest absolute Gasteiger partial charge is 0.619 e. The summed E-state index contributed by atoms with van der Waals surface area (Å²) in [6.07, 6.45) is 0. The summed E-state index contributed by atoms with van der Waals surface area (Å²) < 4.78 is 0.533. The van der Waals surface area contributed by atoms with Crippen molar-refractivity contribution in [2.75, 3.05) is 0 Å². The molecular formula is C10H7ClN2O. The van der Waals surface area contributed by atoms with Crippen LogP contribution in [-0.4, -0.2) is 16.4 Å². The normalized spacial score (nSPS) is 10.4. The van der Waals surface area contributed by atoms with Gasteiger partial charge in [0.25, 0.3) is 0 Å². The molecule has 0 amide bonds. The first-order chi connectivity index (χ1) is 6.68. The van der Waals surface area contributed by atoms with Crippen LogP contribution in [0.5, 0.6) is 0 Å². The van der Waals surface area contributed by atoms with Gasteiger partial charge in [0.05, 0.1) is 0 Å². The van der Waals surface area contributed by atoms with Crippen molar-refractivity contribution >= 4 is 34.9 Å². The Morgan fingerprint density at radius 1 is 1.29 bits per heavy atom. The molecule has 70 valence electrons. The average Bonchev–Trinajstić information content (AvgIpc) is 2.16. The zero-order valence-corrected chi connectivity index (χ0v) is 8.03. The van der Waals surface area contributed by atoms with Crippen molar-refractivity contribution in [3.63, 3.8) is 0 Å². The van der Waals surface area contributed by atoms with E-state index in [1.807, 2.05) is 12.1 Å². The standard InChI is InChI=1S/C10H7ClN2O/c1-13(14)8-4-2-3-7-5-6-9(11)12-10(7)8/h2-6H,1H2. The van der Waals surface area contributed by atoms with Gasteiger partial charge in [-0.2, -0.15) is 4.74 Å². The number of rotatable bonds is 1. The van der Waals surface area contributed by atoms with Crippen LogP contribution in [-0.2, 0) is 0 Å². The van der Waals surface area contributed by atoms with E-state index in [4.69, 9.17) is 11.6 Å². The first kappa shape index (κ1) is 8.97. The van der Waals surface area contributed by atoms with E-state index in [2.05, 4.69) is 11.7 Å². The van der Waals surface area contributed by atoms with Crippen LogP contribution < -0.4 is 0 Å². The predicted molar refractivity (Wildman–Crippen MR) is 57.2 cm³/mol. The van der Waals surface area contributed by atoms with Crippen LogP contribution in [0.15, 0.2) is 30.3 Å². The zero-order chi connectivity index (χ0) is 10.1. The summed E-state index contributed by atoms with van der Waals surface area (Å²) in [7, 11) is 0. The molecule has 0 spiro atoms. The summed E-state index contributed by atoms with van der Waals surface area (Å²) in [5.41, 5.74) is 0.995. The van der Waals surface area contributed by atoms with Crippen molar-refractivity contribution in [2.24, 2.45) is 0 Å². The van der Waals surface area contributed by atoms with Crippen molar-refractivity contribution in [3.05, 3.63) is 40.7 Å². The molecule has 1 aromatic carbocycles. The fourth-order valence-electron chi connectivity index (χ4n) is 1.31. The van der Waals surface area contributed by atoms with Gasteiger partial charge in [-0.3, -0.25) is 0 Å². The van der Waals surface area contributed by atoms with Crippen molar-refractivity contribution < 1.29 is 4.74 Å². The van der Waals surface area contributed by atoms with Crippen molar-refractivity contribution in [2.45, 2.75) is 0 Å². The Morgan fingerprint density at radius 3 is 2.79 bits per heavy atom. The molecule has 0 aliphatic carbocycles. The lowest BCUT2D eigenvalue weighted by atomic mass is 10.2.